The van der Waals surface area contributed by atoms with Gasteiger partial charge in [0.25, 0.3) is 0 Å². The van der Waals surface area contributed by atoms with Gasteiger partial charge in [0, 0.05) is 52.5 Å². The van der Waals surface area contributed by atoms with Crippen LogP contribution >= 0.6 is 0 Å². The molecule has 3 rings (SSSR count). The van der Waals surface area contributed by atoms with Crippen LogP contribution in [0.2, 0.25) is 0 Å². The normalized spacial score (nSPS) is 16.2. The van der Waals surface area contributed by atoms with Gasteiger partial charge in [-0.3, -0.25) is 4.99 Å². The second-order valence-electron chi connectivity index (χ2n) is 8.23. The van der Waals surface area contributed by atoms with Crippen molar-refractivity contribution in [1.82, 2.24) is 20.5 Å². The summed E-state index contributed by atoms with van der Waals surface area (Å²) in [5, 5.41) is 6.80. The maximum Gasteiger partial charge on any atom is 0.191 e. The van der Waals surface area contributed by atoms with E-state index >= 15 is 0 Å². The van der Waals surface area contributed by atoms with E-state index in [0.29, 0.717) is 25.7 Å². The average Bonchev–Trinajstić information content (AvgIpc) is 2.80. The van der Waals surface area contributed by atoms with E-state index in [1.165, 1.54) is 11.1 Å². The summed E-state index contributed by atoms with van der Waals surface area (Å²) in [5.41, 5.74) is 2.40. The summed E-state index contributed by atoms with van der Waals surface area (Å²) in [5.74, 6) is 2.24. The number of hydrogen-bond acceptors (Lipinski definition) is 5. The van der Waals surface area contributed by atoms with E-state index in [9.17, 15) is 0 Å². The topological polar surface area (TPSA) is 65.0 Å². The lowest BCUT2D eigenvalue weighted by atomic mass is 10.2. The van der Waals surface area contributed by atoms with Gasteiger partial charge in [0.1, 0.15) is 5.82 Å². The van der Waals surface area contributed by atoms with Crippen molar-refractivity contribution >= 4 is 11.8 Å². The van der Waals surface area contributed by atoms with Gasteiger partial charge in [-0.05, 0) is 36.2 Å². The van der Waals surface area contributed by atoms with Crippen molar-refractivity contribution < 1.29 is 4.74 Å². The minimum atomic E-state index is 0.382. The fourth-order valence-corrected chi connectivity index (χ4v) is 3.47. The van der Waals surface area contributed by atoms with Crippen LogP contribution in [0.15, 0.2) is 53.7 Å². The molecule has 1 aliphatic rings. The number of anilines is 1. The molecule has 2 heterocycles. The molecule has 1 aromatic carbocycles. The molecule has 1 saturated heterocycles. The van der Waals surface area contributed by atoms with Crippen LogP contribution in [0, 0.1) is 5.92 Å². The Labute approximate surface area is 186 Å². The number of aromatic nitrogens is 1. The molecule has 1 aliphatic heterocycles. The van der Waals surface area contributed by atoms with Crippen molar-refractivity contribution in [3.63, 3.8) is 0 Å². The highest BCUT2D eigenvalue weighted by Gasteiger charge is 2.15. The number of piperazine rings is 1. The van der Waals surface area contributed by atoms with E-state index in [1.807, 2.05) is 24.4 Å². The fraction of sp³-hybridized carbons (Fsp3) is 0.500. The smallest absolute Gasteiger partial charge is 0.191 e. The average molecular weight is 425 g/mol. The Morgan fingerprint density at radius 2 is 1.87 bits per heavy atom. The molecule has 2 N–H and O–H groups in total. The summed E-state index contributed by atoms with van der Waals surface area (Å²) in [6.07, 6.45) is 1.90. The standard InChI is InChI=1S/C24H36N6O/c1-20(18-31-19-21-7-5-4-6-8-21)16-27-24(25-2)28-17-22-9-10-26-23(15-22)30-13-11-29(3)12-14-30/h4-10,15,20H,11-14,16-19H2,1-3H3,(H2,25,27,28). The molecule has 0 amide bonds. The fourth-order valence-electron chi connectivity index (χ4n) is 3.47. The number of rotatable bonds is 9. The zero-order chi connectivity index (χ0) is 21.9. The second kappa shape index (κ2) is 12.3. The number of aliphatic imine (C=N–C) groups is 1. The molecule has 31 heavy (non-hydrogen) atoms. The summed E-state index contributed by atoms with van der Waals surface area (Å²) >= 11 is 0. The summed E-state index contributed by atoms with van der Waals surface area (Å²) in [6.45, 7) is 9.24. The lowest BCUT2D eigenvalue weighted by molar-refractivity contribution is 0.0931. The van der Waals surface area contributed by atoms with Crippen molar-refractivity contribution in [3.05, 3.63) is 59.8 Å². The molecule has 2 aromatic rings. The van der Waals surface area contributed by atoms with Gasteiger partial charge in [-0.2, -0.15) is 0 Å². The third-order valence-electron chi connectivity index (χ3n) is 5.45. The number of guanidine groups is 1. The molecule has 7 heteroatoms. The lowest BCUT2D eigenvalue weighted by Gasteiger charge is -2.33. The van der Waals surface area contributed by atoms with Crippen LogP contribution in [0.4, 0.5) is 5.82 Å². The SMILES string of the molecule is CN=C(NCc1ccnc(N2CCN(C)CC2)c1)NCC(C)COCc1ccccc1. The van der Waals surface area contributed by atoms with Crippen molar-refractivity contribution in [1.29, 1.82) is 0 Å². The number of likely N-dealkylation sites (N-methyl/N-ethyl adjacent to an activating group) is 1. The Balaban J connectivity index is 1.38. The van der Waals surface area contributed by atoms with Crippen LogP contribution in [0.1, 0.15) is 18.1 Å². The van der Waals surface area contributed by atoms with Crippen LogP contribution < -0.4 is 15.5 Å². The van der Waals surface area contributed by atoms with Crippen LogP contribution in [0.5, 0.6) is 0 Å². The molecule has 1 unspecified atom stereocenters. The predicted molar refractivity (Wildman–Crippen MR) is 127 cm³/mol. The monoisotopic (exact) mass is 424 g/mol. The quantitative estimate of drug-likeness (QED) is 0.476. The van der Waals surface area contributed by atoms with Crippen LogP contribution in [0.25, 0.3) is 0 Å². The van der Waals surface area contributed by atoms with Crippen molar-refractivity contribution in [2.45, 2.75) is 20.1 Å². The molecule has 1 aromatic heterocycles. The highest BCUT2D eigenvalue weighted by atomic mass is 16.5. The van der Waals surface area contributed by atoms with E-state index in [1.54, 1.807) is 7.05 Å². The van der Waals surface area contributed by atoms with Crippen molar-refractivity contribution in [3.8, 4) is 0 Å². The highest BCUT2D eigenvalue weighted by Crippen LogP contribution is 2.14. The molecule has 0 saturated carbocycles. The van der Waals surface area contributed by atoms with Crippen molar-refractivity contribution in [2.75, 3.05) is 58.3 Å². The molecule has 7 nitrogen and oxygen atoms in total. The van der Waals surface area contributed by atoms with E-state index in [4.69, 9.17) is 4.74 Å². The molecule has 0 radical (unpaired) electrons. The maximum absolute atomic E-state index is 5.84. The van der Waals surface area contributed by atoms with E-state index in [2.05, 4.69) is 68.6 Å². The number of nitrogens with one attached hydrogen (secondary N) is 2. The molecule has 0 spiro atoms. The molecule has 168 valence electrons. The minimum absolute atomic E-state index is 0.382. The van der Waals surface area contributed by atoms with E-state index in [0.717, 1.165) is 44.5 Å². The van der Waals surface area contributed by atoms with Gasteiger partial charge in [0.15, 0.2) is 5.96 Å². The Hall–Kier alpha value is -2.64. The molecular formula is C24H36N6O. The van der Waals surface area contributed by atoms with Gasteiger partial charge in [-0.25, -0.2) is 4.98 Å². The van der Waals surface area contributed by atoms with Gasteiger partial charge in [0.05, 0.1) is 13.2 Å². The number of nitrogens with zero attached hydrogens (tertiary/aromatic N) is 4. The first-order valence-corrected chi connectivity index (χ1v) is 11.1. The lowest BCUT2D eigenvalue weighted by Crippen LogP contribution is -2.44. The Kier molecular flexibility index (Phi) is 9.12. The Bertz CT molecular complexity index is 805. The van der Waals surface area contributed by atoms with Crippen molar-refractivity contribution in [2.24, 2.45) is 10.9 Å². The highest BCUT2D eigenvalue weighted by molar-refractivity contribution is 5.79. The third-order valence-corrected chi connectivity index (χ3v) is 5.45. The van der Waals surface area contributed by atoms with E-state index in [-0.39, 0.29) is 0 Å². The zero-order valence-corrected chi connectivity index (χ0v) is 19.1. The van der Waals surface area contributed by atoms with Gasteiger partial charge in [-0.1, -0.05) is 37.3 Å². The first-order valence-electron chi connectivity index (χ1n) is 11.1. The van der Waals surface area contributed by atoms with Gasteiger partial charge < -0.3 is 25.2 Å². The predicted octanol–water partition coefficient (Wildman–Crippen LogP) is 2.35. The summed E-state index contributed by atoms with van der Waals surface area (Å²) in [7, 11) is 3.97. The molecule has 0 bridgehead atoms. The first kappa shape index (κ1) is 23.0. The molecule has 1 atom stereocenters. The largest absolute Gasteiger partial charge is 0.376 e. The zero-order valence-electron chi connectivity index (χ0n) is 19.1. The third kappa shape index (κ3) is 7.84. The maximum atomic E-state index is 5.84. The summed E-state index contributed by atoms with van der Waals surface area (Å²) in [4.78, 5) is 13.6. The van der Waals surface area contributed by atoms with Gasteiger partial charge in [-0.15, -0.1) is 0 Å². The summed E-state index contributed by atoms with van der Waals surface area (Å²) in [6, 6.07) is 14.5. The van der Waals surface area contributed by atoms with Crippen LogP contribution in [-0.4, -0.2) is 69.3 Å². The number of ether oxygens (including phenoxy) is 1. The number of benzene rings is 1. The van der Waals surface area contributed by atoms with E-state index < -0.39 is 0 Å². The summed E-state index contributed by atoms with van der Waals surface area (Å²) < 4.78 is 5.84. The Morgan fingerprint density at radius 3 is 2.61 bits per heavy atom. The number of hydrogen-bond donors (Lipinski definition) is 2. The Morgan fingerprint density at radius 1 is 1.10 bits per heavy atom. The molecule has 0 aliphatic carbocycles. The molecule has 1 fully saturated rings. The molecular weight excluding hydrogens is 388 g/mol. The number of pyridine rings is 1. The van der Waals surface area contributed by atoms with Crippen LogP contribution in [0.3, 0.4) is 0 Å². The minimum Gasteiger partial charge on any atom is -0.376 e. The van der Waals surface area contributed by atoms with Gasteiger partial charge in [0.2, 0.25) is 0 Å². The van der Waals surface area contributed by atoms with Crippen LogP contribution in [-0.2, 0) is 17.9 Å². The van der Waals surface area contributed by atoms with Gasteiger partial charge >= 0.3 is 0 Å². The second-order valence-corrected chi connectivity index (χ2v) is 8.23. The first-order chi connectivity index (χ1) is 15.1.